The van der Waals surface area contributed by atoms with Gasteiger partial charge in [-0.1, -0.05) is 0 Å². The van der Waals surface area contributed by atoms with Crippen LogP contribution in [0.2, 0.25) is 0 Å². The Kier molecular flexibility index (Phi) is 5.22. The Balaban J connectivity index is 1.87. The third-order valence-corrected chi connectivity index (χ3v) is 3.51. The van der Waals surface area contributed by atoms with Crippen molar-refractivity contribution < 1.29 is 9.47 Å². The Labute approximate surface area is 115 Å². The molecule has 1 fully saturated rings. The van der Waals surface area contributed by atoms with Gasteiger partial charge in [0.25, 0.3) is 0 Å². The van der Waals surface area contributed by atoms with Crippen molar-refractivity contribution in [3.8, 4) is 0 Å². The lowest BCUT2D eigenvalue weighted by Crippen LogP contribution is -2.17. The first-order chi connectivity index (χ1) is 9.20. The normalized spacial score (nSPS) is 20.7. The first kappa shape index (κ1) is 14.3. The second-order valence-corrected chi connectivity index (χ2v) is 5.27. The summed E-state index contributed by atoms with van der Waals surface area (Å²) in [6, 6.07) is 0.288. The number of nitrogens with one attached hydrogen (secondary N) is 1. The minimum Gasteiger partial charge on any atom is -0.383 e. The van der Waals surface area contributed by atoms with Crippen LogP contribution < -0.4 is 5.32 Å². The van der Waals surface area contributed by atoms with Crippen molar-refractivity contribution in [2.24, 2.45) is 0 Å². The van der Waals surface area contributed by atoms with Crippen molar-refractivity contribution in [1.82, 2.24) is 9.55 Å². The van der Waals surface area contributed by atoms with E-state index in [0.29, 0.717) is 12.7 Å². The zero-order valence-electron chi connectivity index (χ0n) is 12.2. The van der Waals surface area contributed by atoms with Gasteiger partial charge in [-0.25, -0.2) is 4.98 Å². The molecule has 1 aliphatic rings. The van der Waals surface area contributed by atoms with Crippen molar-refractivity contribution in [3.05, 3.63) is 11.9 Å². The molecule has 1 aliphatic heterocycles. The Hall–Kier alpha value is -1.07. The molecule has 1 aromatic heterocycles. The summed E-state index contributed by atoms with van der Waals surface area (Å²) in [5, 5.41) is 3.42. The van der Waals surface area contributed by atoms with E-state index in [9.17, 15) is 0 Å². The Bertz CT molecular complexity index is 386. The van der Waals surface area contributed by atoms with Gasteiger partial charge in [0.1, 0.15) is 0 Å². The predicted octanol–water partition coefficient (Wildman–Crippen LogP) is 2.38. The highest BCUT2D eigenvalue weighted by Crippen LogP contribution is 2.18. The summed E-state index contributed by atoms with van der Waals surface area (Å²) < 4.78 is 13.0. The molecule has 2 heterocycles. The van der Waals surface area contributed by atoms with Crippen LogP contribution in [0.4, 0.5) is 5.95 Å². The standard InChI is InChI=1S/C14H25N3O2/c1-11-9-17(12(2)10-18-3)14(16-11)15-7-6-13-5-4-8-19-13/h9,12-13H,4-8,10H2,1-3H3,(H,15,16). The topological polar surface area (TPSA) is 48.3 Å². The molecule has 0 amide bonds. The van der Waals surface area contributed by atoms with Crippen molar-refractivity contribution in [1.29, 1.82) is 0 Å². The molecule has 1 N–H and O–H groups in total. The van der Waals surface area contributed by atoms with Gasteiger partial charge >= 0.3 is 0 Å². The van der Waals surface area contributed by atoms with Crippen LogP contribution in [0.25, 0.3) is 0 Å². The fourth-order valence-corrected chi connectivity index (χ4v) is 2.52. The number of anilines is 1. The molecular formula is C14H25N3O2. The molecule has 0 spiro atoms. The van der Waals surface area contributed by atoms with Gasteiger partial charge < -0.3 is 19.4 Å². The van der Waals surface area contributed by atoms with Crippen LogP contribution in [0, 0.1) is 6.92 Å². The number of rotatable bonds is 7. The van der Waals surface area contributed by atoms with Crippen LogP contribution in [0.1, 0.15) is 37.9 Å². The number of imidazole rings is 1. The van der Waals surface area contributed by atoms with Crippen LogP contribution in [0.5, 0.6) is 0 Å². The summed E-state index contributed by atoms with van der Waals surface area (Å²) in [6.07, 6.45) is 5.93. The lowest BCUT2D eigenvalue weighted by Gasteiger charge is -2.16. The fourth-order valence-electron chi connectivity index (χ4n) is 2.52. The summed E-state index contributed by atoms with van der Waals surface area (Å²) in [7, 11) is 1.73. The minimum absolute atomic E-state index is 0.288. The van der Waals surface area contributed by atoms with E-state index < -0.39 is 0 Å². The quantitative estimate of drug-likeness (QED) is 0.824. The lowest BCUT2D eigenvalue weighted by atomic mass is 10.2. The molecule has 108 valence electrons. The van der Waals surface area contributed by atoms with Crippen LogP contribution in [-0.4, -0.2) is 42.5 Å². The number of hydrogen-bond donors (Lipinski definition) is 1. The molecule has 0 aliphatic carbocycles. The predicted molar refractivity (Wildman–Crippen MR) is 75.6 cm³/mol. The summed E-state index contributed by atoms with van der Waals surface area (Å²) >= 11 is 0. The second kappa shape index (κ2) is 6.91. The largest absolute Gasteiger partial charge is 0.383 e. The zero-order chi connectivity index (χ0) is 13.7. The second-order valence-electron chi connectivity index (χ2n) is 5.27. The van der Waals surface area contributed by atoms with E-state index in [0.717, 1.165) is 31.2 Å². The molecule has 1 saturated heterocycles. The fraction of sp³-hybridized carbons (Fsp3) is 0.786. The molecule has 0 saturated carbocycles. The maximum Gasteiger partial charge on any atom is 0.203 e. The molecule has 0 bridgehead atoms. The van der Waals surface area contributed by atoms with E-state index in [1.807, 2.05) is 6.92 Å². The summed E-state index contributed by atoms with van der Waals surface area (Å²) in [6.45, 7) is 6.66. The molecule has 0 aromatic carbocycles. The first-order valence-electron chi connectivity index (χ1n) is 7.10. The summed E-state index contributed by atoms with van der Waals surface area (Å²) in [5.41, 5.74) is 1.03. The van der Waals surface area contributed by atoms with Crippen molar-refractivity contribution >= 4 is 5.95 Å². The van der Waals surface area contributed by atoms with E-state index in [2.05, 4.69) is 28.0 Å². The summed E-state index contributed by atoms with van der Waals surface area (Å²) in [4.78, 5) is 4.53. The molecule has 2 atom stereocenters. The first-order valence-corrected chi connectivity index (χ1v) is 7.10. The monoisotopic (exact) mass is 267 g/mol. The van der Waals surface area contributed by atoms with Gasteiger partial charge in [-0.3, -0.25) is 0 Å². The molecule has 5 heteroatoms. The lowest BCUT2D eigenvalue weighted by molar-refractivity contribution is 0.107. The molecule has 2 unspecified atom stereocenters. The van der Waals surface area contributed by atoms with Gasteiger partial charge in [0.15, 0.2) is 0 Å². The van der Waals surface area contributed by atoms with Gasteiger partial charge in [-0.05, 0) is 33.1 Å². The Morgan fingerprint density at radius 1 is 1.63 bits per heavy atom. The van der Waals surface area contributed by atoms with Crippen molar-refractivity contribution in [2.75, 3.05) is 32.2 Å². The third-order valence-electron chi connectivity index (χ3n) is 3.51. The van der Waals surface area contributed by atoms with E-state index >= 15 is 0 Å². The van der Waals surface area contributed by atoms with Crippen LogP contribution in [0.15, 0.2) is 6.20 Å². The maximum atomic E-state index is 5.63. The average molecular weight is 267 g/mol. The number of methoxy groups -OCH3 is 1. The maximum absolute atomic E-state index is 5.63. The highest BCUT2D eigenvalue weighted by Gasteiger charge is 2.16. The van der Waals surface area contributed by atoms with Gasteiger partial charge in [-0.15, -0.1) is 0 Å². The van der Waals surface area contributed by atoms with Gasteiger partial charge in [0.05, 0.1) is 24.4 Å². The third kappa shape index (κ3) is 3.94. The highest BCUT2D eigenvalue weighted by molar-refractivity contribution is 5.29. The van der Waals surface area contributed by atoms with E-state index in [4.69, 9.17) is 9.47 Å². The molecule has 5 nitrogen and oxygen atoms in total. The number of aryl methyl sites for hydroxylation is 1. The average Bonchev–Trinajstić information content (AvgIpc) is 2.99. The summed E-state index contributed by atoms with van der Waals surface area (Å²) in [5.74, 6) is 0.931. The molecule has 19 heavy (non-hydrogen) atoms. The highest BCUT2D eigenvalue weighted by atomic mass is 16.5. The van der Waals surface area contributed by atoms with Crippen molar-refractivity contribution in [3.63, 3.8) is 0 Å². The van der Waals surface area contributed by atoms with Crippen molar-refractivity contribution in [2.45, 2.75) is 45.3 Å². The Morgan fingerprint density at radius 2 is 2.47 bits per heavy atom. The van der Waals surface area contributed by atoms with Gasteiger partial charge in [0, 0.05) is 26.5 Å². The van der Waals surface area contributed by atoms with Crippen LogP contribution >= 0.6 is 0 Å². The van der Waals surface area contributed by atoms with Gasteiger partial charge in [-0.2, -0.15) is 0 Å². The number of hydrogen-bond acceptors (Lipinski definition) is 4. The molecule has 0 radical (unpaired) electrons. The SMILES string of the molecule is COCC(C)n1cc(C)nc1NCCC1CCCO1. The van der Waals surface area contributed by atoms with E-state index in [1.165, 1.54) is 12.8 Å². The van der Waals surface area contributed by atoms with Crippen LogP contribution in [-0.2, 0) is 9.47 Å². The number of ether oxygens (including phenoxy) is 2. The number of aromatic nitrogens is 2. The smallest absolute Gasteiger partial charge is 0.203 e. The van der Waals surface area contributed by atoms with Crippen LogP contribution in [0.3, 0.4) is 0 Å². The molecular weight excluding hydrogens is 242 g/mol. The van der Waals surface area contributed by atoms with Gasteiger partial charge in [0.2, 0.25) is 5.95 Å². The van der Waals surface area contributed by atoms with E-state index in [-0.39, 0.29) is 6.04 Å². The zero-order valence-corrected chi connectivity index (χ0v) is 12.2. The minimum atomic E-state index is 0.288. The Morgan fingerprint density at radius 3 is 3.16 bits per heavy atom. The molecule has 2 rings (SSSR count). The number of nitrogens with zero attached hydrogens (tertiary/aromatic N) is 2. The van der Waals surface area contributed by atoms with E-state index in [1.54, 1.807) is 7.11 Å². The molecule has 1 aromatic rings.